The van der Waals surface area contributed by atoms with E-state index in [4.69, 9.17) is 4.52 Å². The van der Waals surface area contributed by atoms with Crippen molar-refractivity contribution in [2.45, 2.75) is 39.2 Å². The molecule has 0 spiro atoms. The summed E-state index contributed by atoms with van der Waals surface area (Å²) in [6.45, 7) is 10.7. The average Bonchev–Trinajstić information content (AvgIpc) is 2.58. The summed E-state index contributed by atoms with van der Waals surface area (Å²) in [6.07, 6.45) is 2.04. The van der Waals surface area contributed by atoms with Crippen molar-refractivity contribution >= 4 is 0 Å². The van der Waals surface area contributed by atoms with Crippen LogP contribution in [0.2, 0.25) is 0 Å². The van der Waals surface area contributed by atoms with Crippen molar-refractivity contribution in [3.63, 3.8) is 0 Å². The van der Waals surface area contributed by atoms with E-state index in [1.165, 1.54) is 6.42 Å². The highest BCUT2D eigenvalue weighted by Crippen LogP contribution is 2.11. The maximum atomic E-state index is 5.14. The van der Waals surface area contributed by atoms with Crippen LogP contribution in [0.25, 0.3) is 0 Å². The van der Waals surface area contributed by atoms with Crippen molar-refractivity contribution in [3.05, 3.63) is 11.7 Å². The first kappa shape index (κ1) is 12.5. The SMILES string of the molecule is Cc1noc(CCN2CCCNC(C)(C)C2)n1. The van der Waals surface area contributed by atoms with Gasteiger partial charge in [0.1, 0.15) is 0 Å². The van der Waals surface area contributed by atoms with Crippen molar-refractivity contribution in [1.29, 1.82) is 0 Å². The van der Waals surface area contributed by atoms with E-state index in [1.54, 1.807) is 0 Å². The number of nitrogens with zero attached hydrogens (tertiary/aromatic N) is 3. The molecule has 1 fully saturated rings. The molecule has 2 heterocycles. The van der Waals surface area contributed by atoms with Crippen molar-refractivity contribution in [2.24, 2.45) is 0 Å². The van der Waals surface area contributed by atoms with Gasteiger partial charge in [0.25, 0.3) is 0 Å². The number of hydrogen-bond acceptors (Lipinski definition) is 5. The van der Waals surface area contributed by atoms with Crippen LogP contribution in [0.4, 0.5) is 0 Å². The molecule has 96 valence electrons. The highest BCUT2D eigenvalue weighted by atomic mass is 16.5. The lowest BCUT2D eigenvalue weighted by Crippen LogP contribution is -2.46. The third-order valence-electron chi connectivity index (χ3n) is 3.09. The molecule has 17 heavy (non-hydrogen) atoms. The molecule has 0 unspecified atom stereocenters. The van der Waals surface area contributed by atoms with Crippen LogP contribution in [-0.4, -0.2) is 46.8 Å². The van der Waals surface area contributed by atoms with Crippen LogP contribution >= 0.6 is 0 Å². The van der Waals surface area contributed by atoms with Crippen molar-refractivity contribution < 1.29 is 4.52 Å². The first-order chi connectivity index (χ1) is 8.05. The fraction of sp³-hybridized carbons (Fsp3) is 0.833. The van der Waals surface area contributed by atoms with E-state index in [9.17, 15) is 0 Å². The smallest absolute Gasteiger partial charge is 0.227 e. The molecular formula is C12H22N4O. The van der Waals surface area contributed by atoms with Crippen LogP contribution in [0.3, 0.4) is 0 Å². The summed E-state index contributed by atoms with van der Waals surface area (Å²) in [5.41, 5.74) is 0.196. The molecule has 5 heteroatoms. The van der Waals surface area contributed by atoms with Crippen LogP contribution < -0.4 is 5.32 Å². The van der Waals surface area contributed by atoms with Crippen LogP contribution in [0.15, 0.2) is 4.52 Å². The van der Waals surface area contributed by atoms with Crippen molar-refractivity contribution in [2.75, 3.05) is 26.2 Å². The minimum Gasteiger partial charge on any atom is -0.339 e. The monoisotopic (exact) mass is 238 g/mol. The number of aromatic nitrogens is 2. The molecule has 0 atom stereocenters. The van der Waals surface area contributed by atoms with Gasteiger partial charge >= 0.3 is 0 Å². The van der Waals surface area contributed by atoms with Crippen molar-refractivity contribution in [1.82, 2.24) is 20.4 Å². The third-order valence-corrected chi connectivity index (χ3v) is 3.09. The molecule has 0 bridgehead atoms. The second-order valence-corrected chi connectivity index (χ2v) is 5.43. The summed E-state index contributed by atoms with van der Waals surface area (Å²) in [5, 5.41) is 7.37. The van der Waals surface area contributed by atoms with E-state index in [-0.39, 0.29) is 5.54 Å². The summed E-state index contributed by atoms with van der Waals surface area (Å²) in [6, 6.07) is 0. The Labute approximate surface area is 103 Å². The molecule has 0 radical (unpaired) electrons. The van der Waals surface area contributed by atoms with Gasteiger partial charge in [0, 0.05) is 25.0 Å². The average molecular weight is 238 g/mol. The predicted octanol–water partition coefficient (Wildman–Crippen LogP) is 0.994. The van der Waals surface area contributed by atoms with Crippen LogP contribution in [0.1, 0.15) is 32.0 Å². The molecule has 1 aromatic heterocycles. The number of aryl methyl sites for hydroxylation is 1. The maximum absolute atomic E-state index is 5.14. The molecule has 1 aliphatic rings. The summed E-state index contributed by atoms with van der Waals surface area (Å²) < 4.78 is 5.14. The lowest BCUT2D eigenvalue weighted by Gasteiger charge is -2.29. The molecule has 0 amide bonds. The zero-order valence-corrected chi connectivity index (χ0v) is 11.0. The Morgan fingerprint density at radius 1 is 1.47 bits per heavy atom. The van der Waals surface area contributed by atoms with Gasteiger partial charge in [0.2, 0.25) is 5.89 Å². The lowest BCUT2D eigenvalue weighted by atomic mass is 10.1. The van der Waals surface area contributed by atoms with E-state index >= 15 is 0 Å². The normalized spacial score (nSPS) is 21.4. The van der Waals surface area contributed by atoms with Gasteiger partial charge in [-0.3, -0.25) is 0 Å². The number of rotatable bonds is 3. The second-order valence-electron chi connectivity index (χ2n) is 5.43. The zero-order chi connectivity index (χ0) is 12.3. The van der Waals surface area contributed by atoms with Gasteiger partial charge in [-0.15, -0.1) is 0 Å². The Morgan fingerprint density at radius 3 is 3.00 bits per heavy atom. The Kier molecular flexibility index (Phi) is 3.79. The van der Waals surface area contributed by atoms with E-state index in [2.05, 4.69) is 34.2 Å². The minimum atomic E-state index is 0.196. The Balaban J connectivity index is 1.85. The van der Waals surface area contributed by atoms with Gasteiger partial charge in [0.05, 0.1) is 0 Å². The first-order valence-electron chi connectivity index (χ1n) is 6.32. The molecule has 1 aliphatic heterocycles. The number of nitrogens with one attached hydrogen (secondary N) is 1. The topological polar surface area (TPSA) is 54.2 Å². The Morgan fingerprint density at radius 2 is 2.29 bits per heavy atom. The van der Waals surface area contributed by atoms with Gasteiger partial charge < -0.3 is 14.7 Å². The fourth-order valence-electron chi connectivity index (χ4n) is 2.31. The summed E-state index contributed by atoms with van der Waals surface area (Å²) in [4.78, 5) is 6.71. The molecule has 2 rings (SSSR count). The zero-order valence-electron chi connectivity index (χ0n) is 11.0. The second kappa shape index (κ2) is 5.14. The molecule has 1 saturated heterocycles. The summed E-state index contributed by atoms with van der Waals surface area (Å²) >= 11 is 0. The van der Waals surface area contributed by atoms with E-state index in [0.29, 0.717) is 0 Å². The molecule has 1 N–H and O–H groups in total. The molecule has 0 saturated carbocycles. The van der Waals surface area contributed by atoms with Gasteiger partial charge in [0.15, 0.2) is 5.82 Å². The molecule has 0 aliphatic carbocycles. The first-order valence-corrected chi connectivity index (χ1v) is 6.32. The van der Waals surface area contributed by atoms with Gasteiger partial charge in [-0.1, -0.05) is 5.16 Å². The molecular weight excluding hydrogens is 216 g/mol. The fourth-order valence-corrected chi connectivity index (χ4v) is 2.31. The highest BCUT2D eigenvalue weighted by molar-refractivity contribution is 4.88. The van der Waals surface area contributed by atoms with Gasteiger partial charge in [-0.05, 0) is 40.3 Å². The van der Waals surface area contributed by atoms with Crippen LogP contribution in [0, 0.1) is 6.92 Å². The third kappa shape index (κ3) is 3.78. The molecule has 0 aromatic carbocycles. The Hall–Kier alpha value is -0.940. The highest BCUT2D eigenvalue weighted by Gasteiger charge is 2.23. The summed E-state index contributed by atoms with van der Waals surface area (Å²) in [5.74, 6) is 1.47. The Bertz CT molecular complexity index is 361. The van der Waals surface area contributed by atoms with Crippen LogP contribution in [0.5, 0.6) is 0 Å². The quantitative estimate of drug-likeness (QED) is 0.851. The summed E-state index contributed by atoms with van der Waals surface area (Å²) in [7, 11) is 0. The van der Waals surface area contributed by atoms with E-state index in [1.807, 2.05) is 6.92 Å². The van der Waals surface area contributed by atoms with E-state index in [0.717, 1.165) is 44.3 Å². The van der Waals surface area contributed by atoms with Crippen molar-refractivity contribution in [3.8, 4) is 0 Å². The van der Waals surface area contributed by atoms with E-state index < -0.39 is 0 Å². The molecule has 5 nitrogen and oxygen atoms in total. The van der Waals surface area contributed by atoms with Gasteiger partial charge in [-0.25, -0.2) is 0 Å². The lowest BCUT2D eigenvalue weighted by molar-refractivity contribution is 0.225. The number of hydrogen-bond donors (Lipinski definition) is 1. The van der Waals surface area contributed by atoms with Gasteiger partial charge in [-0.2, -0.15) is 4.98 Å². The predicted molar refractivity (Wildman–Crippen MR) is 65.9 cm³/mol. The standard InChI is InChI=1S/C12H22N4O/c1-10-14-11(17-15-10)5-8-16-7-4-6-13-12(2,3)9-16/h13H,4-9H2,1-3H3. The minimum absolute atomic E-state index is 0.196. The molecule has 1 aromatic rings. The maximum Gasteiger partial charge on any atom is 0.227 e. The largest absolute Gasteiger partial charge is 0.339 e. The van der Waals surface area contributed by atoms with Crippen LogP contribution in [-0.2, 0) is 6.42 Å².